The van der Waals surface area contributed by atoms with Gasteiger partial charge in [0, 0.05) is 47.6 Å². The molecule has 0 aliphatic carbocycles. The van der Waals surface area contributed by atoms with Crippen molar-refractivity contribution in [1.82, 2.24) is 15.0 Å². The molecule has 0 N–H and O–H groups in total. The quantitative estimate of drug-likeness (QED) is 0.185. The van der Waals surface area contributed by atoms with Crippen LogP contribution in [-0.4, -0.2) is 15.0 Å². The normalized spacial score (nSPS) is 11.6. The fourth-order valence-electron chi connectivity index (χ4n) is 6.95. The van der Waals surface area contributed by atoms with Gasteiger partial charge in [-0.3, -0.25) is 0 Å². The van der Waals surface area contributed by atoms with Crippen molar-refractivity contribution in [2.24, 2.45) is 0 Å². The summed E-state index contributed by atoms with van der Waals surface area (Å²) in [6.45, 7) is 0. The van der Waals surface area contributed by atoms with E-state index in [0.29, 0.717) is 17.5 Å². The third-order valence-electron chi connectivity index (χ3n) is 9.37. The number of hydrogen-bond donors (Lipinski definition) is 0. The van der Waals surface area contributed by atoms with Crippen LogP contribution in [0.25, 0.3) is 98.5 Å². The summed E-state index contributed by atoms with van der Waals surface area (Å²) < 4.78 is 9.18. The first-order chi connectivity index (χ1) is 24.8. The maximum absolute atomic E-state index is 6.59. The summed E-state index contributed by atoms with van der Waals surface area (Å²) in [7, 11) is 0. The molecule has 0 atom stereocenters. The van der Waals surface area contributed by atoms with Crippen LogP contribution in [0.2, 0.25) is 0 Å². The summed E-state index contributed by atoms with van der Waals surface area (Å²) in [6.07, 6.45) is 0. The van der Waals surface area contributed by atoms with Crippen LogP contribution in [0.1, 0.15) is 0 Å². The summed E-state index contributed by atoms with van der Waals surface area (Å²) in [4.78, 5) is 15.1. The molecule has 5 heteroatoms. The minimum Gasteiger partial charge on any atom is -0.456 e. The smallest absolute Gasteiger partial charge is 0.164 e. The van der Waals surface area contributed by atoms with Crippen molar-refractivity contribution in [2.45, 2.75) is 0 Å². The third kappa shape index (κ3) is 4.79. The van der Waals surface area contributed by atoms with Crippen LogP contribution >= 0.6 is 11.3 Å². The molecule has 0 radical (unpaired) electrons. The van der Waals surface area contributed by atoms with Crippen LogP contribution in [0.5, 0.6) is 0 Å². The van der Waals surface area contributed by atoms with Gasteiger partial charge in [0.15, 0.2) is 17.5 Å². The molecule has 50 heavy (non-hydrogen) atoms. The second-order valence-corrected chi connectivity index (χ2v) is 13.4. The molecule has 0 saturated carbocycles. The standard InChI is InChI=1S/C45H27N3OS/c1-3-12-28(13-4-1)32-16-7-8-18-38(32)45-47-43(29-14-5-2-6-15-29)46-44(48-45)31-23-25-35-34-24-22-30(26-39(34)49-40(35)27-31)33-19-11-20-37-36-17-9-10-21-41(36)50-42(33)37/h1-27H. The molecule has 0 aliphatic heterocycles. The van der Waals surface area contributed by atoms with Crippen LogP contribution < -0.4 is 0 Å². The second kappa shape index (κ2) is 11.6. The summed E-state index contributed by atoms with van der Waals surface area (Å²) in [5, 5.41) is 4.72. The largest absolute Gasteiger partial charge is 0.456 e. The van der Waals surface area contributed by atoms with Gasteiger partial charge >= 0.3 is 0 Å². The number of nitrogens with zero attached hydrogens (tertiary/aromatic N) is 3. The van der Waals surface area contributed by atoms with Gasteiger partial charge in [-0.05, 0) is 52.6 Å². The number of furan rings is 1. The molecule has 0 saturated heterocycles. The third-order valence-corrected chi connectivity index (χ3v) is 10.6. The lowest BCUT2D eigenvalue weighted by molar-refractivity contribution is 0.669. The van der Waals surface area contributed by atoms with E-state index in [-0.39, 0.29) is 0 Å². The molecule has 3 heterocycles. The fourth-order valence-corrected chi connectivity index (χ4v) is 8.19. The number of thiophene rings is 1. The van der Waals surface area contributed by atoms with Crippen LogP contribution in [0, 0.1) is 0 Å². The maximum Gasteiger partial charge on any atom is 0.164 e. The highest BCUT2D eigenvalue weighted by Gasteiger charge is 2.18. The monoisotopic (exact) mass is 657 g/mol. The van der Waals surface area contributed by atoms with Gasteiger partial charge in [-0.15, -0.1) is 11.3 Å². The second-order valence-electron chi connectivity index (χ2n) is 12.4. The molecule has 234 valence electrons. The zero-order chi connectivity index (χ0) is 33.0. The molecule has 4 nitrogen and oxygen atoms in total. The molecular weight excluding hydrogens is 631 g/mol. The first-order valence-corrected chi connectivity index (χ1v) is 17.4. The Bertz CT molecular complexity index is 2870. The first-order valence-electron chi connectivity index (χ1n) is 16.6. The average molecular weight is 658 g/mol. The highest BCUT2D eigenvalue weighted by molar-refractivity contribution is 7.26. The van der Waals surface area contributed by atoms with E-state index in [1.54, 1.807) is 0 Å². The highest BCUT2D eigenvalue weighted by Crippen LogP contribution is 2.42. The van der Waals surface area contributed by atoms with E-state index < -0.39 is 0 Å². The van der Waals surface area contributed by atoms with Crippen molar-refractivity contribution < 1.29 is 4.42 Å². The van der Waals surface area contributed by atoms with Crippen LogP contribution in [-0.2, 0) is 0 Å². The van der Waals surface area contributed by atoms with Crippen molar-refractivity contribution in [3.63, 3.8) is 0 Å². The molecule has 0 bridgehead atoms. The molecule has 10 aromatic rings. The molecular formula is C45H27N3OS. The van der Waals surface area contributed by atoms with Crippen LogP contribution in [0.4, 0.5) is 0 Å². The Hall–Kier alpha value is -6.43. The van der Waals surface area contributed by atoms with Gasteiger partial charge in [0.25, 0.3) is 0 Å². The molecule has 0 aliphatic rings. The lowest BCUT2D eigenvalue weighted by Crippen LogP contribution is -2.01. The Morgan fingerprint density at radius 3 is 1.70 bits per heavy atom. The van der Waals surface area contributed by atoms with E-state index in [1.807, 2.05) is 53.8 Å². The topological polar surface area (TPSA) is 51.8 Å². The summed E-state index contributed by atoms with van der Waals surface area (Å²) in [5.41, 5.74) is 8.93. The van der Waals surface area contributed by atoms with E-state index in [0.717, 1.165) is 55.3 Å². The molecule has 7 aromatic carbocycles. The average Bonchev–Trinajstić information content (AvgIpc) is 3.76. The number of benzene rings is 7. The number of aromatic nitrogens is 3. The van der Waals surface area contributed by atoms with Crippen LogP contribution in [0.15, 0.2) is 168 Å². The number of rotatable bonds is 5. The zero-order valence-electron chi connectivity index (χ0n) is 26.7. The van der Waals surface area contributed by atoms with Crippen molar-refractivity contribution in [3.8, 4) is 56.4 Å². The first kappa shape index (κ1) is 28.6. The van der Waals surface area contributed by atoms with Crippen molar-refractivity contribution in [3.05, 3.63) is 164 Å². The molecule has 10 rings (SSSR count). The lowest BCUT2D eigenvalue weighted by Gasteiger charge is -2.12. The van der Waals surface area contributed by atoms with Gasteiger partial charge in [-0.1, -0.05) is 133 Å². The highest BCUT2D eigenvalue weighted by atomic mass is 32.1. The van der Waals surface area contributed by atoms with E-state index in [2.05, 4.69) is 121 Å². The van der Waals surface area contributed by atoms with Gasteiger partial charge in [0.05, 0.1) is 0 Å². The number of hydrogen-bond acceptors (Lipinski definition) is 5. The summed E-state index contributed by atoms with van der Waals surface area (Å²) in [6, 6.07) is 56.7. The van der Waals surface area contributed by atoms with Crippen molar-refractivity contribution >= 4 is 53.4 Å². The van der Waals surface area contributed by atoms with Crippen LogP contribution in [0.3, 0.4) is 0 Å². The fraction of sp³-hybridized carbons (Fsp3) is 0. The van der Waals surface area contributed by atoms with E-state index >= 15 is 0 Å². The van der Waals surface area contributed by atoms with Crippen molar-refractivity contribution in [1.29, 1.82) is 0 Å². The van der Waals surface area contributed by atoms with Gasteiger partial charge in [-0.2, -0.15) is 0 Å². The maximum atomic E-state index is 6.59. The predicted molar refractivity (Wildman–Crippen MR) is 207 cm³/mol. The zero-order valence-corrected chi connectivity index (χ0v) is 27.6. The van der Waals surface area contributed by atoms with E-state index in [9.17, 15) is 0 Å². The minimum absolute atomic E-state index is 0.594. The molecule has 0 unspecified atom stereocenters. The van der Waals surface area contributed by atoms with E-state index in [1.165, 1.54) is 25.7 Å². The van der Waals surface area contributed by atoms with Gasteiger partial charge in [0.1, 0.15) is 11.2 Å². The Labute approximate surface area is 292 Å². The summed E-state index contributed by atoms with van der Waals surface area (Å²) >= 11 is 1.84. The van der Waals surface area contributed by atoms with Crippen molar-refractivity contribution in [2.75, 3.05) is 0 Å². The lowest BCUT2D eigenvalue weighted by atomic mass is 9.99. The Kier molecular flexibility index (Phi) is 6.64. The predicted octanol–water partition coefficient (Wildman–Crippen LogP) is 12.5. The molecule has 0 fully saturated rings. The van der Waals surface area contributed by atoms with Gasteiger partial charge < -0.3 is 4.42 Å². The molecule has 0 amide bonds. The number of fused-ring (bicyclic) bond motifs is 6. The Balaban J connectivity index is 1.11. The van der Waals surface area contributed by atoms with E-state index in [4.69, 9.17) is 19.4 Å². The Morgan fingerprint density at radius 2 is 0.920 bits per heavy atom. The Morgan fingerprint density at radius 1 is 0.360 bits per heavy atom. The minimum atomic E-state index is 0.594. The summed E-state index contributed by atoms with van der Waals surface area (Å²) in [5.74, 6) is 1.84. The molecule has 0 spiro atoms. The van der Waals surface area contributed by atoms with Gasteiger partial charge in [0.2, 0.25) is 0 Å². The molecule has 3 aromatic heterocycles. The SMILES string of the molecule is c1ccc(-c2nc(-c3ccc4c(c3)oc3cc(-c5cccc6c5sc5ccccc56)ccc34)nc(-c3ccccc3-c3ccccc3)n2)cc1. The van der Waals surface area contributed by atoms with Gasteiger partial charge in [-0.25, -0.2) is 15.0 Å².